The molecule has 0 aromatic heterocycles. The van der Waals surface area contributed by atoms with Crippen molar-refractivity contribution in [3.05, 3.63) is 23.8 Å². The van der Waals surface area contributed by atoms with E-state index in [1.54, 1.807) is 32.4 Å². The number of hydrogen-bond acceptors (Lipinski definition) is 3. The van der Waals surface area contributed by atoms with Gasteiger partial charge in [-0.2, -0.15) is 0 Å². The van der Waals surface area contributed by atoms with Gasteiger partial charge in [0.1, 0.15) is 17.6 Å². The van der Waals surface area contributed by atoms with Crippen molar-refractivity contribution in [2.75, 3.05) is 14.2 Å². The van der Waals surface area contributed by atoms with Crippen molar-refractivity contribution in [1.82, 2.24) is 0 Å². The Labute approximate surface area is 106 Å². The Morgan fingerprint density at radius 2 is 1.87 bits per heavy atom. The molecule has 1 rings (SSSR count). The molecule has 1 aromatic rings. The minimum atomic E-state index is -0.699. The van der Waals surface area contributed by atoms with E-state index in [0.29, 0.717) is 17.1 Å². The quantitative estimate of drug-likeness (QED) is 0.857. The van der Waals surface area contributed by atoms with Gasteiger partial charge in [-0.15, -0.1) is 0 Å². The number of ether oxygens (including phenoxy) is 2. The Kier molecular flexibility index (Phi) is 4.89. The van der Waals surface area contributed by atoms with Crippen LogP contribution in [0.5, 0.6) is 11.5 Å². The summed E-state index contributed by atoms with van der Waals surface area (Å²) in [6.45, 7) is 0. The summed E-state index contributed by atoms with van der Waals surface area (Å²) in [6.07, 6.45) is -0.699. The normalized spacial score (nSPS) is 12.7. The van der Waals surface area contributed by atoms with Crippen LogP contribution in [0.25, 0.3) is 0 Å². The van der Waals surface area contributed by atoms with E-state index >= 15 is 0 Å². The van der Waals surface area contributed by atoms with Crippen LogP contribution in [-0.2, 0) is 0 Å². The Morgan fingerprint density at radius 3 is 2.33 bits per heavy atom. The van der Waals surface area contributed by atoms with Gasteiger partial charge in [0.25, 0.3) is 0 Å². The molecule has 1 aromatic carbocycles. The third kappa shape index (κ3) is 3.09. The number of benzene rings is 1. The summed E-state index contributed by atoms with van der Waals surface area (Å²) in [6, 6.07) is 5.30. The lowest BCUT2D eigenvalue weighted by Gasteiger charge is -2.16. The van der Waals surface area contributed by atoms with Crippen molar-refractivity contribution in [3.8, 4) is 11.5 Å². The molecule has 3 nitrogen and oxygen atoms in total. The SMILES string of the molecule is COc1ccc(OC)c(C(O)C(Br)Br)c1. The maximum absolute atomic E-state index is 9.90. The molecule has 0 aliphatic carbocycles. The van der Waals surface area contributed by atoms with Crippen LogP contribution in [0.4, 0.5) is 0 Å². The molecule has 84 valence electrons. The second kappa shape index (κ2) is 5.72. The molecule has 1 unspecified atom stereocenters. The van der Waals surface area contributed by atoms with Crippen LogP contribution in [0.3, 0.4) is 0 Å². The van der Waals surface area contributed by atoms with Crippen molar-refractivity contribution in [3.63, 3.8) is 0 Å². The van der Waals surface area contributed by atoms with E-state index in [4.69, 9.17) is 9.47 Å². The zero-order chi connectivity index (χ0) is 11.4. The molecule has 0 heterocycles. The first-order chi connectivity index (χ1) is 7.10. The first kappa shape index (κ1) is 12.8. The maximum atomic E-state index is 9.90. The molecule has 1 N–H and O–H groups in total. The molecule has 0 saturated carbocycles. The third-order valence-electron chi connectivity index (χ3n) is 1.99. The highest BCUT2D eigenvalue weighted by molar-refractivity contribution is 9.24. The van der Waals surface area contributed by atoms with Crippen LogP contribution in [0.15, 0.2) is 18.2 Å². The molecule has 0 amide bonds. The lowest BCUT2D eigenvalue weighted by molar-refractivity contribution is 0.193. The Hall–Kier alpha value is -0.260. The van der Waals surface area contributed by atoms with E-state index < -0.39 is 6.10 Å². The molecule has 0 saturated heterocycles. The van der Waals surface area contributed by atoms with Crippen molar-refractivity contribution in [2.45, 2.75) is 9.84 Å². The van der Waals surface area contributed by atoms with Crippen molar-refractivity contribution < 1.29 is 14.6 Å². The van der Waals surface area contributed by atoms with Crippen molar-refractivity contribution in [1.29, 1.82) is 0 Å². The van der Waals surface area contributed by atoms with Gasteiger partial charge in [-0.05, 0) is 18.2 Å². The lowest BCUT2D eigenvalue weighted by atomic mass is 10.1. The molecule has 0 aliphatic rings. The van der Waals surface area contributed by atoms with E-state index in [9.17, 15) is 5.11 Å². The van der Waals surface area contributed by atoms with Crippen LogP contribution in [0, 0.1) is 0 Å². The Balaban J connectivity index is 3.11. The molecule has 1 atom stereocenters. The van der Waals surface area contributed by atoms with Crippen LogP contribution >= 0.6 is 31.9 Å². The van der Waals surface area contributed by atoms with Gasteiger partial charge < -0.3 is 14.6 Å². The predicted molar refractivity (Wildman–Crippen MR) is 66.1 cm³/mol. The Bertz CT molecular complexity index is 328. The number of methoxy groups -OCH3 is 2. The summed E-state index contributed by atoms with van der Waals surface area (Å²) in [5.41, 5.74) is 0.676. The van der Waals surface area contributed by atoms with E-state index in [0.717, 1.165) is 0 Å². The molecule has 15 heavy (non-hydrogen) atoms. The molecule has 0 fully saturated rings. The van der Waals surface area contributed by atoms with Crippen LogP contribution < -0.4 is 9.47 Å². The molecule has 5 heteroatoms. The highest BCUT2D eigenvalue weighted by Gasteiger charge is 2.19. The van der Waals surface area contributed by atoms with Crippen LogP contribution in [0.2, 0.25) is 0 Å². The first-order valence-corrected chi connectivity index (χ1v) is 6.11. The largest absolute Gasteiger partial charge is 0.497 e. The fourth-order valence-corrected chi connectivity index (χ4v) is 1.78. The number of halogens is 2. The van der Waals surface area contributed by atoms with E-state index in [1.807, 2.05) is 0 Å². The van der Waals surface area contributed by atoms with Crippen LogP contribution in [-0.4, -0.2) is 23.1 Å². The van der Waals surface area contributed by atoms with Crippen LogP contribution in [0.1, 0.15) is 11.7 Å². The predicted octanol–water partition coefficient (Wildman–Crippen LogP) is 2.85. The molecular formula is C10H12Br2O3. The number of aliphatic hydroxyl groups excluding tert-OH is 1. The fourth-order valence-electron chi connectivity index (χ4n) is 1.21. The summed E-state index contributed by atoms with van der Waals surface area (Å²) >= 11 is 6.51. The van der Waals surface area contributed by atoms with Gasteiger partial charge in [-0.1, -0.05) is 31.9 Å². The Morgan fingerprint density at radius 1 is 1.20 bits per heavy atom. The zero-order valence-electron chi connectivity index (χ0n) is 8.41. The molecule has 0 aliphatic heterocycles. The number of rotatable bonds is 4. The standard InChI is InChI=1S/C10H12Br2O3/c1-14-6-3-4-8(15-2)7(5-6)9(13)10(11)12/h3-5,9-10,13H,1-2H3. The minimum absolute atomic E-state index is 0.231. The van der Waals surface area contributed by atoms with Gasteiger partial charge in [0, 0.05) is 5.56 Å². The third-order valence-corrected chi connectivity index (χ3v) is 3.00. The highest BCUT2D eigenvalue weighted by Crippen LogP contribution is 2.35. The summed E-state index contributed by atoms with van der Waals surface area (Å²) in [7, 11) is 3.15. The molecular weight excluding hydrogens is 328 g/mol. The monoisotopic (exact) mass is 338 g/mol. The highest BCUT2D eigenvalue weighted by atomic mass is 79.9. The lowest BCUT2D eigenvalue weighted by Crippen LogP contribution is -2.07. The average Bonchev–Trinajstić information content (AvgIpc) is 2.27. The van der Waals surface area contributed by atoms with E-state index in [2.05, 4.69) is 31.9 Å². The minimum Gasteiger partial charge on any atom is -0.497 e. The van der Waals surface area contributed by atoms with Gasteiger partial charge in [0.2, 0.25) is 0 Å². The first-order valence-electron chi connectivity index (χ1n) is 4.28. The van der Waals surface area contributed by atoms with Gasteiger partial charge in [-0.3, -0.25) is 0 Å². The zero-order valence-corrected chi connectivity index (χ0v) is 11.6. The number of aliphatic hydroxyl groups is 1. The van der Waals surface area contributed by atoms with Crippen molar-refractivity contribution >= 4 is 31.9 Å². The summed E-state index contributed by atoms with van der Waals surface area (Å²) in [5, 5.41) is 9.90. The summed E-state index contributed by atoms with van der Waals surface area (Å²) < 4.78 is 10.0. The molecule has 0 radical (unpaired) electrons. The fraction of sp³-hybridized carbons (Fsp3) is 0.400. The topological polar surface area (TPSA) is 38.7 Å². The van der Waals surface area contributed by atoms with Gasteiger partial charge in [-0.25, -0.2) is 0 Å². The number of alkyl halides is 2. The van der Waals surface area contributed by atoms with Gasteiger partial charge in [0.05, 0.1) is 18.0 Å². The maximum Gasteiger partial charge on any atom is 0.125 e. The number of hydrogen-bond donors (Lipinski definition) is 1. The second-order valence-electron chi connectivity index (χ2n) is 2.89. The van der Waals surface area contributed by atoms with Crippen molar-refractivity contribution in [2.24, 2.45) is 0 Å². The van der Waals surface area contributed by atoms with Gasteiger partial charge in [0.15, 0.2) is 0 Å². The summed E-state index contributed by atoms with van der Waals surface area (Å²) in [5.74, 6) is 1.32. The average molecular weight is 340 g/mol. The molecule has 0 spiro atoms. The summed E-state index contributed by atoms with van der Waals surface area (Å²) in [4.78, 5) is 0. The van der Waals surface area contributed by atoms with E-state index in [-0.39, 0.29) is 3.74 Å². The smallest absolute Gasteiger partial charge is 0.125 e. The van der Waals surface area contributed by atoms with E-state index in [1.165, 1.54) is 0 Å². The van der Waals surface area contributed by atoms with Gasteiger partial charge >= 0.3 is 0 Å². The second-order valence-corrected chi connectivity index (χ2v) is 6.09. The molecule has 0 bridgehead atoms.